The molecule has 0 atom stereocenters. The summed E-state index contributed by atoms with van der Waals surface area (Å²) in [6.07, 6.45) is 1.45. The molecule has 4 nitrogen and oxygen atoms in total. The van der Waals surface area contributed by atoms with Gasteiger partial charge in [0.1, 0.15) is 5.75 Å². The predicted molar refractivity (Wildman–Crippen MR) is 77.6 cm³/mol. The van der Waals surface area contributed by atoms with Gasteiger partial charge in [0.25, 0.3) is 0 Å². The topological polar surface area (TPSA) is 58.0 Å². The van der Waals surface area contributed by atoms with E-state index >= 15 is 0 Å². The molecule has 0 aliphatic carbocycles. The normalized spacial score (nSPS) is 10.8. The van der Waals surface area contributed by atoms with Crippen molar-refractivity contribution in [3.63, 3.8) is 0 Å². The number of thiazole rings is 1. The fraction of sp³-hybridized carbons (Fsp3) is 0.143. The number of rotatable bonds is 3. The van der Waals surface area contributed by atoms with Gasteiger partial charge in [-0.3, -0.25) is 4.98 Å². The summed E-state index contributed by atoms with van der Waals surface area (Å²) in [5, 5.41) is 13.6. The number of hydrogen-bond acceptors (Lipinski definition) is 5. The first-order valence-corrected chi connectivity index (χ1v) is 6.77. The smallest absolute Gasteiger partial charge is 0.133 e. The highest BCUT2D eigenvalue weighted by Crippen LogP contribution is 2.24. The van der Waals surface area contributed by atoms with Gasteiger partial charge in [0.05, 0.1) is 33.7 Å². The Hall–Kier alpha value is -2.14. The lowest BCUT2D eigenvalue weighted by atomic mass is 10.3. The van der Waals surface area contributed by atoms with Gasteiger partial charge in [-0.15, -0.1) is 11.3 Å². The van der Waals surface area contributed by atoms with Crippen LogP contribution < -0.4 is 5.32 Å². The second kappa shape index (κ2) is 4.85. The number of nitrogens with zero attached hydrogens (tertiary/aromatic N) is 2. The molecule has 3 rings (SSSR count). The van der Waals surface area contributed by atoms with Crippen molar-refractivity contribution in [2.75, 3.05) is 5.32 Å². The van der Waals surface area contributed by atoms with Gasteiger partial charge in [0.15, 0.2) is 0 Å². The summed E-state index contributed by atoms with van der Waals surface area (Å²) >= 11 is 1.69. The van der Waals surface area contributed by atoms with Crippen molar-refractivity contribution < 1.29 is 5.11 Å². The van der Waals surface area contributed by atoms with E-state index < -0.39 is 0 Å². The molecule has 0 unspecified atom stereocenters. The Labute approximate surface area is 114 Å². The van der Waals surface area contributed by atoms with Crippen molar-refractivity contribution >= 4 is 27.2 Å². The second-order valence-electron chi connectivity index (χ2n) is 4.28. The van der Waals surface area contributed by atoms with Gasteiger partial charge >= 0.3 is 0 Å². The summed E-state index contributed by atoms with van der Waals surface area (Å²) in [5.41, 5.74) is 2.97. The van der Waals surface area contributed by atoms with Crippen LogP contribution in [0.15, 0.2) is 36.5 Å². The zero-order valence-electron chi connectivity index (χ0n) is 10.4. The van der Waals surface area contributed by atoms with E-state index in [1.807, 2.05) is 19.1 Å². The second-order valence-corrected chi connectivity index (χ2v) is 5.51. The van der Waals surface area contributed by atoms with Gasteiger partial charge in [-0.1, -0.05) is 0 Å². The van der Waals surface area contributed by atoms with Crippen LogP contribution in [-0.4, -0.2) is 15.1 Å². The molecule has 3 aromatic rings. The molecule has 0 saturated carbocycles. The lowest BCUT2D eigenvalue weighted by Gasteiger charge is -2.05. The summed E-state index contributed by atoms with van der Waals surface area (Å²) in [5.74, 6) is 0.185. The zero-order valence-corrected chi connectivity index (χ0v) is 11.2. The average molecular weight is 271 g/mol. The molecule has 19 heavy (non-hydrogen) atoms. The number of aryl methyl sites for hydroxylation is 1. The molecule has 2 N–H and O–H groups in total. The first kappa shape index (κ1) is 11.9. The van der Waals surface area contributed by atoms with Crippen LogP contribution in [0.25, 0.3) is 10.2 Å². The molecule has 0 spiro atoms. The molecule has 0 bridgehead atoms. The van der Waals surface area contributed by atoms with E-state index in [9.17, 15) is 5.11 Å². The molecule has 96 valence electrons. The zero-order chi connectivity index (χ0) is 13.2. The van der Waals surface area contributed by atoms with E-state index in [-0.39, 0.29) is 5.75 Å². The number of benzene rings is 1. The van der Waals surface area contributed by atoms with Crippen LogP contribution in [0.5, 0.6) is 5.75 Å². The number of anilines is 1. The van der Waals surface area contributed by atoms with E-state index in [4.69, 9.17) is 0 Å². The molecular weight excluding hydrogens is 258 g/mol. The third kappa shape index (κ3) is 2.66. The van der Waals surface area contributed by atoms with E-state index in [0.29, 0.717) is 6.54 Å². The highest BCUT2D eigenvalue weighted by atomic mass is 32.1. The quantitative estimate of drug-likeness (QED) is 0.767. The Kier molecular flexibility index (Phi) is 3.05. The summed E-state index contributed by atoms with van der Waals surface area (Å²) in [6, 6.07) is 9.57. The molecule has 5 heteroatoms. The maximum Gasteiger partial charge on any atom is 0.133 e. The van der Waals surface area contributed by atoms with Crippen LogP contribution in [0, 0.1) is 6.92 Å². The fourth-order valence-electron chi connectivity index (χ4n) is 1.86. The maximum absolute atomic E-state index is 9.17. The highest BCUT2D eigenvalue weighted by molar-refractivity contribution is 7.18. The van der Waals surface area contributed by atoms with Crippen molar-refractivity contribution in [3.8, 4) is 5.75 Å². The van der Waals surface area contributed by atoms with Gasteiger partial charge < -0.3 is 10.4 Å². The third-order valence-corrected chi connectivity index (χ3v) is 3.71. The summed E-state index contributed by atoms with van der Waals surface area (Å²) < 4.78 is 1.18. The van der Waals surface area contributed by atoms with Crippen LogP contribution in [0.3, 0.4) is 0 Å². The van der Waals surface area contributed by atoms with Crippen LogP contribution >= 0.6 is 11.3 Å². The van der Waals surface area contributed by atoms with Crippen molar-refractivity contribution in [1.82, 2.24) is 9.97 Å². The van der Waals surface area contributed by atoms with Crippen molar-refractivity contribution in [1.29, 1.82) is 0 Å². The number of nitrogens with one attached hydrogen (secondary N) is 1. The fourth-order valence-corrected chi connectivity index (χ4v) is 2.73. The molecule has 0 aliphatic heterocycles. The largest absolute Gasteiger partial charge is 0.506 e. The number of aromatic hydroxyl groups is 1. The van der Waals surface area contributed by atoms with Crippen LogP contribution in [-0.2, 0) is 6.54 Å². The van der Waals surface area contributed by atoms with E-state index in [2.05, 4.69) is 21.4 Å². The molecule has 0 saturated heterocycles. The van der Waals surface area contributed by atoms with Gasteiger partial charge in [-0.2, -0.15) is 0 Å². The lowest BCUT2D eigenvalue weighted by Crippen LogP contribution is -2.00. The monoisotopic (exact) mass is 271 g/mol. The molecule has 0 amide bonds. The Balaban J connectivity index is 1.75. The number of fused-ring (bicyclic) bond motifs is 1. The van der Waals surface area contributed by atoms with Gasteiger partial charge in [0.2, 0.25) is 0 Å². The minimum absolute atomic E-state index is 0.185. The van der Waals surface area contributed by atoms with Crippen molar-refractivity contribution in [2.24, 2.45) is 0 Å². The SMILES string of the molecule is Cc1nc2ccc(NCc3ccc(O)cn3)cc2s1. The number of hydrogen-bond donors (Lipinski definition) is 2. The van der Waals surface area contributed by atoms with Gasteiger partial charge in [-0.25, -0.2) is 4.98 Å². The highest BCUT2D eigenvalue weighted by Gasteiger charge is 2.02. The Morgan fingerprint density at radius 3 is 2.95 bits per heavy atom. The Morgan fingerprint density at radius 2 is 2.16 bits per heavy atom. The van der Waals surface area contributed by atoms with Crippen molar-refractivity contribution in [3.05, 3.63) is 47.2 Å². The minimum Gasteiger partial charge on any atom is -0.506 e. The number of aromatic nitrogens is 2. The van der Waals surface area contributed by atoms with Crippen LogP contribution in [0.2, 0.25) is 0 Å². The molecule has 0 fully saturated rings. The molecule has 0 radical (unpaired) electrons. The average Bonchev–Trinajstić information content (AvgIpc) is 2.77. The standard InChI is InChI=1S/C14H13N3OS/c1-9-17-13-5-3-10(6-14(13)19-9)15-7-11-2-4-12(18)8-16-11/h2-6,8,15,18H,7H2,1H3. The first-order chi connectivity index (χ1) is 9.20. The third-order valence-electron chi connectivity index (χ3n) is 2.78. The van der Waals surface area contributed by atoms with Gasteiger partial charge in [0, 0.05) is 5.69 Å². The van der Waals surface area contributed by atoms with Crippen molar-refractivity contribution in [2.45, 2.75) is 13.5 Å². The first-order valence-electron chi connectivity index (χ1n) is 5.96. The van der Waals surface area contributed by atoms with Crippen LogP contribution in [0.1, 0.15) is 10.7 Å². The van der Waals surface area contributed by atoms with E-state index in [0.717, 1.165) is 21.9 Å². The van der Waals surface area contributed by atoms with Crippen LogP contribution in [0.4, 0.5) is 5.69 Å². The molecule has 2 heterocycles. The van der Waals surface area contributed by atoms with E-state index in [1.165, 1.54) is 10.9 Å². The molecular formula is C14H13N3OS. The Bertz CT molecular complexity index is 706. The lowest BCUT2D eigenvalue weighted by molar-refractivity contribution is 0.472. The predicted octanol–water partition coefficient (Wildman–Crippen LogP) is 3.32. The minimum atomic E-state index is 0.185. The summed E-state index contributed by atoms with van der Waals surface area (Å²) in [7, 11) is 0. The molecule has 1 aromatic carbocycles. The van der Waals surface area contributed by atoms with Gasteiger partial charge in [-0.05, 0) is 37.3 Å². The Morgan fingerprint density at radius 1 is 1.26 bits per heavy atom. The summed E-state index contributed by atoms with van der Waals surface area (Å²) in [6.45, 7) is 2.64. The maximum atomic E-state index is 9.17. The molecule has 0 aliphatic rings. The molecule has 2 aromatic heterocycles. The summed E-state index contributed by atoms with van der Waals surface area (Å²) in [4.78, 5) is 8.57. The van der Waals surface area contributed by atoms with E-state index in [1.54, 1.807) is 23.5 Å². The number of pyridine rings is 1.